The molecule has 2 aliphatic rings. The van der Waals surface area contributed by atoms with E-state index in [4.69, 9.17) is 4.98 Å². The number of hydrogen-bond donors (Lipinski definition) is 1. The maximum absolute atomic E-state index is 14.1. The van der Waals surface area contributed by atoms with Crippen LogP contribution in [0.3, 0.4) is 0 Å². The molecule has 6 heteroatoms. The Balaban J connectivity index is 1.29. The number of likely N-dealkylation sites (tertiary alicyclic amines) is 2. The highest BCUT2D eigenvalue weighted by Gasteiger charge is 2.29. The van der Waals surface area contributed by atoms with E-state index in [1.165, 1.54) is 81.7 Å². The molecule has 4 heterocycles. The highest BCUT2D eigenvalue weighted by molar-refractivity contribution is 5.87. The number of imidazole rings is 1. The highest BCUT2D eigenvalue weighted by atomic mass is 19.1. The predicted octanol–water partition coefficient (Wildman–Crippen LogP) is 6.64. The topological polar surface area (TPSA) is 40.1 Å². The lowest BCUT2D eigenvalue weighted by Crippen LogP contribution is -2.35. The molecule has 2 aliphatic heterocycles. The summed E-state index contributed by atoms with van der Waals surface area (Å²) in [6, 6.07) is 12.8. The van der Waals surface area contributed by atoms with Crippen LogP contribution < -0.4 is 0 Å². The lowest BCUT2D eigenvalue weighted by molar-refractivity contribution is 0.154. The van der Waals surface area contributed by atoms with Crippen LogP contribution in [0.5, 0.6) is 0 Å². The molecule has 0 saturated carbocycles. The summed E-state index contributed by atoms with van der Waals surface area (Å²) in [6.45, 7) is 6.68. The van der Waals surface area contributed by atoms with Gasteiger partial charge in [-0.15, -0.1) is 0 Å². The van der Waals surface area contributed by atoms with Crippen molar-refractivity contribution in [3.8, 4) is 11.4 Å². The Morgan fingerprint density at radius 3 is 2.46 bits per heavy atom. The Morgan fingerprint density at radius 1 is 0.973 bits per heavy atom. The number of benzene rings is 2. The van der Waals surface area contributed by atoms with Gasteiger partial charge in [0.1, 0.15) is 11.6 Å². The first-order valence-corrected chi connectivity index (χ1v) is 14.1. The van der Waals surface area contributed by atoms with Crippen LogP contribution in [0.1, 0.15) is 50.1 Å². The number of nitrogens with one attached hydrogen (secondary N) is 1. The molecule has 2 aromatic heterocycles. The summed E-state index contributed by atoms with van der Waals surface area (Å²) in [5, 5.41) is 1.25. The molecule has 0 radical (unpaired) electrons. The van der Waals surface area contributed by atoms with Gasteiger partial charge in [-0.3, -0.25) is 0 Å². The zero-order valence-corrected chi connectivity index (χ0v) is 22.5. The van der Waals surface area contributed by atoms with E-state index in [2.05, 4.69) is 63.9 Å². The summed E-state index contributed by atoms with van der Waals surface area (Å²) in [5.41, 5.74) is 4.54. The van der Waals surface area contributed by atoms with Gasteiger partial charge in [-0.25, -0.2) is 9.37 Å². The summed E-state index contributed by atoms with van der Waals surface area (Å²) in [6.07, 6.45) is 10.2. The molecule has 2 fully saturated rings. The SMILES string of the molecule is Cc1c(F)ccc2[nH]c(-c3ccc4c(ccn4C(CCC4CCN(C)CC4)C4CCN(C)CC4)c3)nc12. The largest absolute Gasteiger partial charge is 0.344 e. The van der Waals surface area contributed by atoms with Gasteiger partial charge in [-0.2, -0.15) is 0 Å². The first kappa shape index (κ1) is 24.6. The summed E-state index contributed by atoms with van der Waals surface area (Å²) in [7, 11) is 4.51. The minimum Gasteiger partial charge on any atom is -0.344 e. The summed E-state index contributed by atoms with van der Waals surface area (Å²) < 4.78 is 16.6. The average molecular weight is 502 g/mol. The number of halogens is 1. The number of rotatable bonds is 6. The number of nitrogens with zero attached hydrogens (tertiary/aromatic N) is 4. The molecule has 37 heavy (non-hydrogen) atoms. The standard InChI is InChI=1S/C31H40FN5/c1-21-26(32)6-7-27-30(21)34-31(33-27)25-5-9-29-24(20-25)14-19-37(29)28(23-12-17-36(3)18-13-23)8-4-22-10-15-35(2)16-11-22/h5-7,9,14,19-20,22-23,28H,4,8,10-13,15-18H2,1-3H3,(H,33,34). The molecule has 1 atom stereocenters. The van der Waals surface area contributed by atoms with E-state index in [1.807, 2.05) is 0 Å². The second-order valence-corrected chi connectivity index (χ2v) is 11.7. The first-order chi connectivity index (χ1) is 18.0. The van der Waals surface area contributed by atoms with Crippen LogP contribution in [0.4, 0.5) is 4.39 Å². The lowest BCUT2D eigenvalue weighted by Gasteiger charge is -2.37. The molecule has 4 aromatic rings. The molecule has 2 aromatic carbocycles. The second-order valence-electron chi connectivity index (χ2n) is 11.7. The summed E-state index contributed by atoms with van der Waals surface area (Å²) in [4.78, 5) is 13.1. The van der Waals surface area contributed by atoms with Crippen molar-refractivity contribution in [1.82, 2.24) is 24.3 Å². The van der Waals surface area contributed by atoms with Crippen LogP contribution in [-0.4, -0.2) is 64.6 Å². The first-order valence-electron chi connectivity index (χ1n) is 14.1. The van der Waals surface area contributed by atoms with Gasteiger partial charge in [-0.1, -0.05) is 0 Å². The molecule has 0 aliphatic carbocycles. The third-order valence-corrected chi connectivity index (χ3v) is 9.21. The summed E-state index contributed by atoms with van der Waals surface area (Å²) in [5.74, 6) is 2.18. The van der Waals surface area contributed by atoms with Crippen LogP contribution in [0.15, 0.2) is 42.6 Å². The number of aryl methyl sites for hydroxylation is 1. The molecule has 0 amide bonds. The van der Waals surface area contributed by atoms with Gasteiger partial charge < -0.3 is 19.4 Å². The van der Waals surface area contributed by atoms with Gasteiger partial charge in [0.25, 0.3) is 0 Å². The fourth-order valence-electron chi connectivity index (χ4n) is 6.70. The van der Waals surface area contributed by atoms with Gasteiger partial charge >= 0.3 is 0 Å². The van der Waals surface area contributed by atoms with E-state index in [-0.39, 0.29) is 5.82 Å². The predicted molar refractivity (Wildman–Crippen MR) is 150 cm³/mol. The van der Waals surface area contributed by atoms with Crippen molar-refractivity contribution in [2.24, 2.45) is 11.8 Å². The van der Waals surface area contributed by atoms with Crippen LogP contribution in [0, 0.1) is 24.6 Å². The lowest BCUT2D eigenvalue weighted by atomic mass is 9.83. The fraction of sp³-hybridized carbons (Fsp3) is 0.516. The monoisotopic (exact) mass is 501 g/mol. The number of aromatic nitrogens is 3. The molecule has 196 valence electrons. The Bertz CT molecular complexity index is 1370. The number of piperidine rings is 2. The van der Waals surface area contributed by atoms with E-state index in [1.54, 1.807) is 13.0 Å². The third kappa shape index (κ3) is 4.94. The third-order valence-electron chi connectivity index (χ3n) is 9.21. The number of fused-ring (bicyclic) bond motifs is 2. The highest BCUT2D eigenvalue weighted by Crippen LogP contribution is 2.37. The number of H-pyrrole nitrogens is 1. The van der Waals surface area contributed by atoms with E-state index in [9.17, 15) is 4.39 Å². The summed E-state index contributed by atoms with van der Waals surface area (Å²) >= 11 is 0. The maximum atomic E-state index is 14.1. The Hall–Kier alpha value is -2.70. The Morgan fingerprint density at radius 2 is 1.70 bits per heavy atom. The zero-order valence-electron chi connectivity index (χ0n) is 22.5. The van der Waals surface area contributed by atoms with E-state index < -0.39 is 0 Å². The molecule has 0 spiro atoms. The molecular formula is C31H40FN5. The molecule has 6 rings (SSSR count). The molecule has 0 bridgehead atoms. The van der Waals surface area contributed by atoms with Crippen LogP contribution in [-0.2, 0) is 0 Å². The molecular weight excluding hydrogens is 461 g/mol. The second kappa shape index (κ2) is 10.2. The van der Waals surface area contributed by atoms with Crippen molar-refractivity contribution in [2.75, 3.05) is 40.3 Å². The molecule has 1 unspecified atom stereocenters. The van der Waals surface area contributed by atoms with Crippen molar-refractivity contribution in [3.05, 3.63) is 54.0 Å². The Labute approximate surface area is 219 Å². The molecule has 2 saturated heterocycles. The van der Waals surface area contributed by atoms with Crippen LogP contribution in [0.25, 0.3) is 33.3 Å². The van der Waals surface area contributed by atoms with Crippen molar-refractivity contribution in [2.45, 2.75) is 51.5 Å². The smallest absolute Gasteiger partial charge is 0.138 e. The van der Waals surface area contributed by atoms with Crippen molar-refractivity contribution < 1.29 is 4.39 Å². The minimum absolute atomic E-state index is 0.210. The van der Waals surface area contributed by atoms with Gasteiger partial charge in [0.05, 0.1) is 11.0 Å². The molecule has 1 N–H and O–H groups in total. The number of hydrogen-bond acceptors (Lipinski definition) is 3. The quantitative estimate of drug-likeness (QED) is 0.322. The molecule has 5 nitrogen and oxygen atoms in total. The maximum Gasteiger partial charge on any atom is 0.138 e. The van der Waals surface area contributed by atoms with E-state index in [0.717, 1.165) is 28.7 Å². The number of aromatic amines is 1. The van der Waals surface area contributed by atoms with Crippen molar-refractivity contribution in [1.29, 1.82) is 0 Å². The minimum atomic E-state index is -0.210. The average Bonchev–Trinajstić information content (AvgIpc) is 3.53. The normalized spacial score (nSPS) is 19.8. The van der Waals surface area contributed by atoms with Gasteiger partial charge in [0, 0.05) is 34.3 Å². The van der Waals surface area contributed by atoms with Crippen molar-refractivity contribution >= 4 is 21.9 Å². The van der Waals surface area contributed by atoms with E-state index in [0.29, 0.717) is 17.1 Å². The van der Waals surface area contributed by atoms with Gasteiger partial charge in [0.2, 0.25) is 0 Å². The fourth-order valence-corrected chi connectivity index (χ4v) is 6.70. The van der Waals surface area contributed by atoms with Crippen molar-refractivity contribution in [3.63, 3.8) is 0 Å². The zero-order chi connectivity index (χ0) is 25.5. The Kier molecular flexibility index (Phi) is 6.80. The van der Waals surface area contributed by atoms with Crippen LogP contribution >= 0.6 is 0 Å². The van der Waals surface area contributed by atoms with Gasteiger partial charge in [0.15, 0.2) is 0 Å². The van der Waals surface area contributed by atoms with Crippen LogP contribution in [0.2, 0.25) is 0 Å². The van der Waals surface area contributed by atoms with E-state index >= 15 is 0 Å². The van der Waals surface area contributed by atoms with Gasteiger partial charge in [-0.05, 0) is 134 Å².